The molecule has 1 fully saturated rings. The summed E-state index contributed by atoms with van der Waals surface area (Å²) in [4.78, 5) is 37.9. The van der Waals surface area contributed by atoms with Crippen LogP contribution in [0.5, 0.6) is 0 Å². The Kier molecular flexibility index (Phi) is 4.26. The molecule has 0 saturated carbocycles. The average molecular weight is 290 g/mol. The maximum absolute atomic E-state index is 12.4. The van der Waals surface area contributed by atoms with E-state index in [0.717, 1.165) is 10.5 Å². The lowest BCUT2D eigenvalue weighted by molar-refractivity contribution is -0.145. The number of hydrogen-bond donors (Lipinski definition) is 1. The highest BCUT2D eigenvalue weighted by molar-refractivity contribution is 5.91. The molecule has 1 heterocycles. The topological polar surface area (TPSA) is 77.9 Å². The smallest absolute Gasteiger partial charge is 0.323 e. The van der Waals surface area contributed by atoms with Crippen molar-refractivity contribution in [1.82, 2.24) is 9.80 Å². The number of aliphatic carboxylic acids is 1. The van der Waals surface area contributed by atoms with Crippen LogP contribution >= 0.6 is 0 Å². The van der Waals surface area contributed by atoms with E-state index in [-0.39, 0.29) is 30.8 Å². The van der Waals surface area contributed by atoms with Crippen molar-refractivity contribution in [3.63, 3.8) is 0 Å². The lowest BCUT2D eigenvalue weighted by atomic mass is 9.92. The Morgan fingerprint density at radius 1 is 1.33 bits per heavy atom. The molecule has 0 aromatic heterocycles. The second-order valence-corrected chi connectivity index (χ2v) is 5.26. The van der Waals surface area contributed by atoms with Crippen LogP contribution in [-0.2, 0) is 14.4 Å². The molecule has 1 aliphatic heterocycles. The summed E-state index contributed by atoms with van der Waals surface area (Å²) in [6.45, 7) is -0.366. The van der Waals surface area contributed by atoms with Gasteiger partial charge in [0.15, 0.2) is 0 Å². The minimum absolute atomic E-state index is 0.106. The number of hydrogen-bond acceptors (Lipinski definition) is 3. The number of amides is 2. The van der Waals surface area contributed by atoms with Crippen molar-refractivity contribution in [1.29, 1.82) is 0 Å². The van der Waals surface area contributed by atoms with Crippen LogP contribution in [0.2, 0.25) is 0 Å². The fraction of sp³-hybridized carbons (Fsp3) is 0.400. The number of likely N-dealkylation sites (tertiary alicyclic amines) is 1. The van der Waals surface area contributed by atoms with Crippen molar-refractivity contribution in [3.8, 4) is 0 Å². The molecule has 1 N–H and O–H groups in total. The van der Waals surface area contributed by atoms with Crippen molar-refractivity contribution < 1.29 is 19.5 Å². The summed E-state index contributed by atoms with van der Waals surface area (Å²) in [7, 11) is 3.12. The van der Waals surface area contributed by atoms with Crippen molar-refractivity contribution >= 4 is 17.8 Å². The quantitative estimate of drug-likeness (QED) is 0.887. The molecule has 6 nitrogen and oxygen atoms in total. The van der Waals surface area contributed by atoms with Gasteiger partial charge in [0.1, 0.15) is 6.54 Å². The van der Waals surface area contributed by atoms with E-state index in [2.05, 4.69) is 0 Å². The Balaban J connectivity index is 2.26. The molecule has 1 saturated heterocycles. The maximum atomic E-state index is 12.4. The van der Waals surface area contributed by atoms with E-state index >= 15 is 0 Å². The zero-order valence-electron chi connectivity index (χ0n) is 12.0. The third kappa shape index (κ3) is 3.04. The van der Waals surface area contributed by atoms with Gasteiger partial charge in [-0.25, -0.2) is 0 Å². The van der Waals surface area contributed by atoms with Crippen LogP contribution in [0.25, 0.3) is 0 Å². The van der Waals surface area contributed by atoms with Crippen LogP contribution in [0, 0.1) is 5.92 Å². The molecule has 1 aromatic rings. The molecule has 0 radical (unpaired) electrons. The number of likely N-dealkylation sites (N-methyl/N-ethyl adjacent to an activating group) is 1. The molecule has 0 bridgehead atoms. The SMILES string of the molecule is CN(CC(=O)O)C(=O)[C@@H]1CC(=O)N(C)[C@@H]1c1ccccc1. The van der Waals surface area contributed by atoms with E-state index in [1.54, 1.807) is 11.9 Å². The van der Waals surface area contributed by atoms with E-state index in [0.29, 0.717) is 0 Å². The lowest BCUT2D eigenvalue weighted by Crippen LogP contribution is -2.38. The molecule has 2 rings (SSSR count). The molecule has 21 heavy (non-hydrogen) atoms. The van der Waals surface area contributed by atoms with Gasteiger partial charge in [0.2, 0.25) is 11.8 Å². The summed E-state index contributed by atoms with van der Waals surface area (Å²) >= 11 is 0. The maximum Gasteiger partial charge on any atom is 0.323 e. The van der Waals surface area contributed by atoms with Gasteiger partial charge in [0.25, 0.3) is 0 Å². The Labute approximate surface area is 123 Å². The summed E-state index contributed by atoms with van der Waals surface area (Å²) < 4.78 is 0. The van der Waals surface area contributed by atoms with Gasteiger partial charge in [-0.3, -0.25) is 14.4 Å². The number of nitrogens with zero attached hydrogens (tertiary/aromatic N) is 2. The highest BCUT2D eigenvalue weighted by atomic mass is 16.4. The van der Waals surface area contributed by atoms with Crippen molar-refractivity contribution in [2.45, 2.75) is 12.5 Å². The van der Waals surface area contributed by atoms with Crippen LogP contribution in [0.1, 0.15) is 18.0 Å². The molecule has 0 aliphatic carbocycles. The Bertz CT molecular complexity index is 558. The standard InChI is InChI=1S/C15H18N2O4/c1-16(9-13(19)20)15(21)11-8-12(18)17(2)14(11)10-6-4-3-5-7-10/h3-7,11,14H,8-9H2,1-2H3,(H,19,20)/t11-,14-/m1/s1. The predicted octanol–water partition coefficient (Wildman–Crippen LogP) is 0.749. The normalized spacial score (nSPS) is 21.4. The number of carboxylic acids is 1. The highest BCUT2D eigenvalue weighted by Gasteiger charge is 2.43. The van der Waals surface area contributed by atoms with E-state index in [1.807, 2.05) is 30.3 Å². The summed E-state index contributed by atoms with van der Waals surface area (Å²) in [6, 6.07) is 8.98. The van der Waals surface area contributed by atoms with Gasteiger partial charge in [0.05, 0.1) is 12.0 Å². The van der Waals surface area contributed by atoms with Crippen molar-refractivity contribution in [2.24, 2.45) is 5.92 Å². The second-order valence-electron chi connectivity index (χ2n) is 5.26. The van der Waals surface area contributed by atoms with Crippen LogP contribution in [0.4, 0.5) is 0 Å². The van der Waals surface area contributed by atoms with Gasteiger partial charge in [0, 0.05) is 20.5 Å². The van der Waals surface area contributed by atoms with E-state index in [1.165, 1.54) is 7.05 Å². The second kappa shape index (κ2) is 5.95. The summed E-state index contributed by atoms with van der Waals surface area (Å²) in [6.07, 6.45) is 0.110. The van der Waals surface area contributed by atoms with E-state index in [4.69, 9.17) is 5.11 Å². The first-order chi connectivity index (χ1) is 9.91. The third-order valence-electron chi connectivity index (χ3n) is 3.79. The van der Waals surface area contributed by atoms with Gasteiger partial charge in [-0.2, -0.15) is 0 Å². The first-order valence-electron chi connectivity index (χ1n) is 6.69. The predicted molar refractivity (Wildman–Crippen MR) is 75.3 cm³/mol. The van der Waals surface area contributed by atoms with Crippen LogP contribution < -0.4 is 0 Å². The van der Waals surface area contributed by atoms with Crippen LogP contribution in [0.3, 0.4) is 0 Å². The fourth-order valence-electron chi connectivity index (χ4n) is 2.76. The number of carbonyl (C=O) groups is 3. The molecular weight excluding hydrogens is 272 g/mol. The van der Waals surface area contributed by atoms with E-state index in [9.17, 15) is 14.4 Å². The molecule has 0 spiro atoms. The number of benzene rings is 1. The van der Waals surface area contributed by atoms with Gasteiger partial charge in [-0.1, -0.05) is 30.3 Å². The molecule has 1 aromatic carbocycles. The lowest BCUT2D eigenvalue weighted by Gasteiger charge is -2.27. The Morgan fingerprint density at radius 3 is 2.52 bits per heavy atom. The molecule has 2 atom stereocenters. The number of carboxylic acid groups (broad SMARTS) is 1. The number of rotatable bonds is 4. The first-order valence-corrected chi connectivity index (χ1v) is 6.69. The minimum Gasteiger partial charge on any atom is -0.480 e. The zero-order chi connectivity index (χ0) is 15.6. The monoisotopic (exact) mass is 290 g/mol. The molecular formula is C15H18N2O4. The molecule has 6 heteroatoms. The van der Waals surface area contributed by atoms with Crippen LogP contribution in [0.15, 0.2) is 30.3 Å². The Hall–Kier alpha value is -2.37. The number of carbonyl (C=O) groups excluding carboxylic acids is 2. The molecule has 1 aliphatic rings. The van der Waals surface area contributed by atoms with Gasteiger partial charge in [-0.15, -0.1) is 0 Å². The third-order valence-corrected chi connectivity index (χ3v) is 3.79. The largest absolute Gasteiger partial charge is 0.480 e. The van der Waals surface area contributed by atoms with Gasteiger partial charge >= 0.3 is 5.97 Å². The minimum atomic E-state index is -1.07. The summed E-state index contributed by atoms with van der Waals surface area (Å²) in [5.41, 5.74) is 0.882. The Morgan fingerprint density at radius 2 is 1.95 bits per heavy atom. The van der Waals surface area contributed by atoms with Crippen LogP contribution in [-0.4, -0.2) is 53.3 Å². The molecule has 2 amide bonds. The summed E-state index contributed by atoms with van der Waals surface area (Å²) in [5.74, 6) is -2.04. The first kappa shape index (κ1) is 15.0. The molecule has 112 valence electrons. The van der Waals surface area contributed by atoms with Gasteiger partial charge in [-0.05, 0) is 5.56 Å². The van der Waals surface area contributed by atoms with Crippen molar-refractivity contribution in [3.05, 3.63) is 35.9 Å². The molecule has 0 unspecified atom stereocenters. The summed E-state index contributed by atoms with van der Waals surface area (Å²) in [5, 5.41) is 8.79. The average Bonchev–Trinajstić information content (AvgIpc) is 2.74. The van der Waals surface area contributed by atoms with Crippen molar-refractivity contribution in [2.75, 3.05) is 20.6 Å². The van der Waals surface area contributed by atoms with E-state index < -0.39 is 11.9 Å². The van der Waals surface area contributed by atoms with Gasteiger partial charge < -0.3 is 14.9 Å². The highest BCUT2D eigenvalue weighted by Crippen LogP contribution is 2.37. The fourth-order valence-corrected chi connectivity index (χ4v) is 2.76. The zero-order valence-corrected chi connectivity index (χ0v) is 12.0.